The number of fused-ring (bicyclic) bond motifs is 5. The minimum absolute atomic E-state index is 0.151. The van der Waals surface area contributed by atoms with E-state index in [4.69, 9.17) is 9.15 Å². The Hall–Kier alpha value is -3.48. The van der Waals surface area contributed by atoms with Crippen LogP contribution < -0.4 is 0 Å². The predicted molar refractivity (Wildman–Crippen MR) is 107 cm³/mol. The lowest BCUT2D eigenvalue weighted by molar-refractivity contribution is -0.140. The summed E-state index contributed by atoms with van der Waals surface area (Å²) in [5.74, 6) is -0.153. The van der Waals surface area contributed by atoms with Crippen LogP contribution >= 0.6 is 0 Å². The van der Waals surface area contributed by atoms with Gasteiger partial charge < -0.3 is 9.15 Å². The fourth-order valence-electron chi connectivity index (χ4n) is 4.71. The molecule has 7 nitrogen and oxygen atoms in total. The number of imide groups is 1. The number of rotatable bonds is 5. The van der Waals surface area contributed by atoms with Crippen LogP contribution in [0.3, 0.4) is 0 Å². The third-order valence-corrected chi connectivity index (χ3v) is 6.03. The lowest BCUT2D eigenvalue weighted by Gasteiger charge is -2.13. The zero-order valence-electron chi connectivity index (χ0n) is 16.4. The highest BCUT2D eigenvalue weighted by atomic mass is 16.5. The first-order chi connectivity index (χ1) is 14.6. The fraction of sp³-hybridized carbons (Fsp3) is 0.304. The van der Waals surface area contributed by atoms with Crippen molar-refractivity contribution in [3.63, 3.8) is 0 Å². The average Bonchev–Trinajstić information content (AvgIpc) is 3.52. The van der Waals surface area contributed by atoms with Gasteiger partial charge in [-0.15, -0.1) is 0 Å². The van der Waals surface area contributed by atoms with Crippen LogP contribution in [0.1, 0.15) is 29.5 Å². The molecule has 0 N–H and O–H groups in total. The zero-order valence-corrected chi connectivity index (χ0v) is 16.4. The van der Waals surface area contributed by atoms with Gasteiger partial charge in [0.25, 0.3) is 11.8 Å². The highest BCUT2D eigenvalue weighted by Crippen LogP contribution is 2.52. The number of amides is 2. The minimum Gasteiger partial charge on any atom is -0.462 e. The molecular formula is C23H20N2O5. The Kier molecular flexibility index (Phi) is 4.38. The van der Waals surface area contributed by atoms with Crippen molar-refractivity contribution < 1.29 is 23.5 Å². The number of furan rings is 1. The summed E-state index contributed by atoms with van der Waals surface area (Å²) < 4.78 is 10.8. The van der Waals surface area contributed by atoms with Gasteiger partial charge in [-0.2, -0.15) is 10.1 Å². The molecule has 2 aromatic rings. The van der Waals surface area contributed by atoms with Crippen molar-refractivity contribution in [1.82, 2.24) is 5.01 Å². The molecule has 1 saturated heterocycles. The summed E-state index contributed by atoms with van der Waals surface area (Å²) in [7, 11) is 0. The fourth-order valence-corrected chi connectivity index (χ4v) is 4.71. The number of hydrogen-bond donors (Lipinski definition) is 0. The summed E-state index contributed by atoms with van der Waals surface area (Å²) in [4.78, 5) is 37.3. The number of carbonyl (C=O) groups is 3. The molecule has 2 bridgehead atoms. The van der Waals surface area contributed by atoms with Gasteiger partial charge in [-0.25, -0.2) is 4.79 Å². The van der Waals surface area contributed by atoms with Crippen molar-refractivity contribution in [2.24, 2.45) is 28.8 Å². The molecule has 2 heterocycles. The molecule has 5 rings (SSSR count). The van der Waals surface area contributed by atoms with Gasteiger partial charge in [-0.3, -0.25) is 9.59 Å². The molecule has 7 heteroatoms. The molecule has 1 saturated carbocycles. The van der Waals surface area contributed by atoms with Crippen LogP contribution in [-0.4, -0.2) is 35.6 Å². The number of hydrazone groups is 1. The Morgan fingerprint density at radius 1 is 1.17 bits per heavy atom. The molecular weight excluding hydrogens is 384 g/mol. The van der Waals surface area contributed by atoms with Crippen molar-refractivity contribution in [2.45, 2.75) is 13.3 Å². The smallest absolute Gasteiger partial charge is 0.338 e. The van der Waals surface area contributed by atoms with Crippen LogP contribution in [0.15, 0.2) is 58.1 Å². The van der Waals surface area contributed by atoms with E-state index < -0.39 is 5.97 Å². The van der Waals surface area contributed by atoms with E-state index in [0.717, 1.165) is 11.4 Å². The van der Waals surface area contributed by atoms with Crippen molar-refractivity contribution in [3.8, 4) is 11.3 Å². The number of esters is 1. The van der Waals surface area contributed by atoms with Gasteiger partial charge >= 0.3 is 5.97 Å². The van der Waals surface area contributed by atoms with Gasteiger partial charge in [-0.05, 0) is 49.4 Å². The Balaban J connectivity index is 1.33. The van der Waals surface area contributed by atoms with Crippen molar-refractivity contribution in [3.05, 3.63) is 59.9 Å². The van der Waals surface area contributed by atoms with E-state index in [2.05, 4.69) is 5.10 Å². The van der Waals surface area contributed by atoms with E-state index in [9.17, 15) is 14.4 Å². The summed E-state index contributed by atoms with van der Waals surface area (Å²) >= 11 is 0. The van der Waals surface area contributed by atoms with E-state index in [0.29, 0.717) is 29.3 Å². The van der Waals surface area contributed by atoms with Crippen molar-refractivity contribution in [2.75, 3.05) is 6.61 Å². The van der Waals surface area contributed by atoms with E-state index in [1.165, 1.54) is 6.21 Å². The first-order valence-electron chi connectivity index (χ1n) is 10.0. The SMILES string of the molecule is CCOC(=O)c1cccc(-c2ccc(/C=N\N3C(=O)[C@@H]4[C@H](C3=O)[C@H]3C=C[C@H]4C3)o2)c1. The Bertz CT molecular complexity index is 1070. The van der Waals surface area contributed by atoms with Crippen LogP contribution in [0.2, 0.25) is 0 Å². The highest BCUT2D eigenvalue weighted by Gasteiger charge is 2.59. The first kappa shape index (κ1) is 18.5. The second kappa shape index (κ2) is 7.09. The normalized spacial score (nSPS) is 26.8. The second-order valence-corrected chi connectivity index (χ2v) is 7.74. The number of ether oxygens (including phenoxy) is 1. The third kappa shape index (κ3) is 2.89. The second-order valence-electron chi connectivity index (χ2n) is 7.74. The molecule has 4 atom stereocenters. The van der Waals surface area contributed by atoms with Gasteiger partial charge in [0.2, 0.25) is 0 Å². The molecule has 1 aromatic heterocycles. The molecule has 2 aliphatic carbocycles. The van der Waals surface area contributed by atoms with Gasteiger partial charge in [0, 0.05) is 5.56 Å². The molecule has 0 unspecified atom stereocenters. The van der Waals surface area contributed by atoms with E-state index in [1.807, 2.05) is 18.2 Å². The summed E-state index contributed by atoms with van der Waals surface area (Å²) in [5, 5.41) is 5.12. The standard InChI is InChI=1S/C23H20N2O5/c1-2-29-23(28)16-5-3-4-13(10-16)18-9-8-17(30-18)12-24-25-21(26)19-14-6-7-15(11-14)20(19)22(25)27/h3-10,12,14-15,19-20H,2,11H2,1H3/b24-12-/t14-,15-,19-,20+/m0/s1. The maximum Gasteiger partial charge on any atom is 0.338 e. The maximum absolute atomic E-state index is 12.7. The Labute approximate surface area is 173 Å². The van der Waals surface area contributed by atoms with E-state index in [-0.39, 0.29) is 35.5 Å². The number of carbonyl (C=O) groups excluding carboxylic acids is 3. The van der Waals surface area contributed by atoms with E-state index in [1.54, 1.807) is 37.3 Å². The number of nitrogens with zero attached hydrogens (tertiary/aromatic N) is 2. The summed E-state index contributed by atoms with van der Waals surface area (Å²) in [6.07, 6.45) is 6.36. The molecule has 2 amide bonds. The van der Waals surface area contributed by atoms with Crippen LogP contribution in [-0.2, 0) is 14.3 Å². The molecule has 1 aromatic carbocycles. The van der Waals surface area contributed by atoms with Crippen molar-refractivity contribution >= 4 is 24.0 Å². The van der Waals surface area contributed by atoms with Gasteiger partial charge in [0.15, 0.2) is 0 Å². The molecule has 2 fully saturated rings. The average molecular weight is 404 g/mol. The summed E-state index contributed by atoms with van der Waals surface area (Å²) in [5.41, 5.74) is 1.15. The molecule has 0 radical (unpaired) electrons. The van der Waals surface area contributed by atoms with Crippen LogP contribution in [0, 0.1) is 23.7 Å². The zero-order chi connectivity index (χ0) is 20.8. The largest absolute Gasteiger partial charge is 0.462 e. The lowest BCUT2D eigenvalue weighted by atomic mass is 9.85. The number of allylic oxidation sites excluding steroid dienone is 2. The topological polar surface area (TPSA) is 89.2 Å². The van der Waals surface area contributed by atoms with E-state index >= 15 is 0 Å². The minimum atomic E-state index is -0.396. The summed E-state index contributed by atoms with van der Waals surface area (Å²) in [6, 6.07) is 10.4. The first-order valence-corrected chi connectivity index (χ1v) is 10.0. The lowest BCUT2D eigenvalue weighted by Crippen LogP contribution is -2.28. The maximum atomic E-state index is 12.7. The molecule has 3 aliphatic rings. The number of hydrogen-bond acceptors (Lipinski definition) is 6. The van der Waals surface area contributed by atoms with Crippen LogP contribution in [0.4, 0.5) is 0 Å². The molecule has 1 aliphatic heterocycles. The Morgan fingerprint density at radius 3 is 2.60 bits per heavy atom. The third-order valence-electron chi connectivity index (χ3n) is 6.03. The van der Waals surface area contributed by atoms with Crippen LogP contribution in [0.25, 0.3) is 11.3 Å². The molecule has 0 spiro atoms. The highest BCUT2D eigenvalue weighted by molar-refractivity contribution is 6.06. The quantitative estimate of drug-likeness (QED) is 0.330. The molecule has 30 heavy (non-hydrogen) atoms. The van der Waals surface area contributed by atoms with Gasteiger partial charge in [0.1, 0.15) is 11.5 Å². The predicted octanol–water partition coefficient (Wildman–Crippen LogP) is 3.26. The summed E-state index contributed by atoms with van der Waals surface area (Å²) in [6.45, 7) is 2.06. The van der Waals surface area contributed by atoms with Crippen molar-refractivity contribution in [1.29, 1.82) is 0 Å². The van der Waals surface area contributed by atoms with Gasteiger partial charge in [0.05, 0.1) is 30.2 Å². The van der Waals surface area contributed by atoms with Gasteiger partial charge in [-0.1, -0.05) is 24.3 Å². The molecule has 152 valence electrons. The monoisotopic (exact) mass is 404 g/mol. The van der Waals surface area contributed by atoms with Crippen LogP contribution in [0.5, 0.6) is 0 Å². The number of benzene rings is 1. The Morgan fingerprint density at radius 2 is 1.90 bits per heavy atom.